The Morgan fingerprint density at radius 1 is 1.05 bits per heavy atom. The smallest absolute Gasteiger partial charge is 0.406 e. The van der Waals surface area contributed by atoms with E-state index in [4.69, 9.17) is 11.6 Å². The molecule has 2 aromatic carbocycles. The number of nitrogens with one attached hydrogen (secondary N) is 1. The number of hydrogen-bond acceptors (Lipinski definition) is 2. The minimum Gasteiger partial charge on any atom is -0.406 e. The van der Waals surface area contributed by atoms with Gasteiger partial charge in [0.2, 0.25) is 0 Å². The molecule has 2 rings (SSSR count). The molecule has 0 radical (unpaired) electrons. The van der Waals surface area contributed by atoms with E-state index in [0.29, 0.717) is 17.1 Å². The molecule has 0 saturated carbocycles. The van der Waals surface area contributed by atoms with E-state index in [-0.39, 0.29) is 5.75 Å². The zero-order valence-electron chi connectivity index (χ0n) is 10.2. The van der Waals surface area contributed by atoms with Gasteiger partial charge >= 0.3 is 6.36 Å². The highest BCUT2D eigenvalue weighted by molar-refractivity contribution is 6.30. The van der Waals surface area contributed by atoms with Gasteiger partial charge in [-0.05, 0) is 35.9 Å². The Balaban J connectivity index is 2.01. The molecule has 0 aliphatic rings. The number of anilines is 1. The molecular weight excluding hydrogens is 291 g/mol. The molecule has 0 saturated heterocycles. The molecule has 6 heteroatoms. The van der Waals surface area contributed by atoms with E-state index in [1.165, 1.54) is 18.2 Å². The molecule has 20 heavy (non-hydrogen) atoms. The second kappa shape index (κ2) is 6.05. The van der Waals surface area contributed by atoms with Gasteiger partial charge in [0, 0.05) is 17.3 Å². The maximum atomic E-state index is 12.1. The number of halogens is 4. The van der Waals surface area contributed by atoms with Crippen LogP contribution in [-0.4, -0.2) is 6.36 Å². The van der Waals surface area contributed by atoms with Crippen molar-refractivity contribution in [3.8, 4) is 5.75 Å². The van der Waals surface area contributed by atoms with Crippen LogP contribution < -0.4 is 10.1 Å². The van der Waals surface area contributed by atoms with Gasteiger partial charge in [-0.15, -0.1) is 13.2 Å². The zero-order chi connectivity index (χ0) is 14.6. The van der Waals surface area contributed by atoms with Gasteiger partial charge in [-0.1, -0.05) is 29.8 Å². The summed E-state index contributed by atoms with van der Waals surface area (Å²) in [7, 11) is 0. The fourth-order valence-electron chi connectivity index (χ4n) is 1.66. The maximum Gasteiger partial charge on any atom is 0.573 e. The van der Waals surface area contributed by atoms with Crippen molar-refractivity contribution >= 4 is 17.3 Å². The highest BCUT2D eigenvalue weighted by Crippen LogP contribution is 2.24. The van der Waals surface area contributed by atoms with Crippen molar-refractivity contribution in [2.45, 2.75) is 12.9 Å². The first-order valence-electron chi connectivity index (χ1n) is 5.76. The molecule has 1 N–H and O–H groups in total. The van der Waals surface area contributed by atoms with E-state index in [1.807, 2.05) is 6.07 Å². The van der Waals surface area contributed by atoms with Crippen LogP contribution in [0.2, 0.25) is 5.02 Å². The van der Waals surface area contributed by atoms with Crippen molar-refractivity contribution in [2.75, 3.05) is 5.32 Å². The summed E-state index contributed by atoms with van der Waals surface area (Å²) in [5.74, 6) is -0.233. The topological polar surface area (TPSA) is 21.3 Å². The summed E-state index contributed by atoms with van der Waals surface area (Å²) < 4.78 is 40.2. The van der Waals surface area contributed by atoms with E-state index < -0.39 is 6.36 Å². The maximum absolute atomic E-state index is 12.1. The van der Waals surface area contributed by atoms with Crippen molar-refractivity contribution in [3.05, 3.63) is 59.1 Å². The molecule has 0 amide bonds. The lowest BCUT2D eigenvalue weighted by atomic mass is 10.2. The Hall–Kier alpha value is -1.88. The molecule has 0 spiro atoms. The van der Waals surface area contributed by atoms with E-state index in [1.54, 1.807) is 24.3 Å². The van der Waals surface area contributed by atoms with Crippen LogP contribution in [0.1, 0.15) is 5.56 Å². The lowest BCUT2D eigenvalue weighted by Gasteiger charge is -2.11. The molecule has 0 atom stereocenters. The van der Waals surface area contributed by atoms with Crippen molar-refractivity contribution in [1.29, 1.82) is 0 Å². The second-order valence-corrected chi connectivity index (χ2v) is 4.50. The van der Waals surface area contributed by atoms with Gasteiger partial charge in [-0.25, -0.2) is 0 Å². The number of hydrogen-bond donors (Lipinski definition) is 1. The molecule has 2 nitrogen and oxygen atoms in total. The van der Waals surface area contributed by atoms with Crippen LogP contribution in [0.25, 0.3) is 0 Å². The highest BCUT2D eigenvalue weighted by Gasteiger charge is 2.31. The Kier molecular flexibility index (Phi) is 4.39. The van der Waals surface area contributed by atoms with E-state index in [2.05, 4.69) is 10.1 Å². The fourth-order valence-corrected chi connectivity index (χ4v) is 1.85. The summed E-state index contributed by atoms with van der Waals surface area (Å²) in [6.45, 7) is 0.370. The first kappa shape index (κ1) is 14.5. The number of alkyl halides is 3. The molecule has 0 aliphatic heterocycles. The molecule has 0 unspecified atom stereocenters. The molecule has 106 valence electrons. The van der Waals surface area contributed by atoms with Gasteiger partial charge in [0.1, 0.15) is 5.75 Å². The van der Waals surface area contributed by atoms with Gasteiger partial charge in [-0.3, -0.25) is 0 Å². The molecule has 0 fully saturated rings. The summed E-state index contributed by atoms with van der Waals surface area (Å²) in [5.41, 5.74) is 1.46. The van der Waals surface area contributed by atoms with E-state index in [9.17, 15) is 13.2 Å². The van der Waals surface area contributed by atoms with Crippen LogP contribution >= 0.6 is 11.6 Å². The summed E-state index contributed by atoms with van der Waals surface area (Å²) in [5, 5.41) is 3.66. The van der Waals surface area contributed by atoms with E-state index in [0.717, 1.165) is 5.69 Å². The largest absolute Gasteiger partial charge is 0.573 e. The lowest BCUT2D eigenvalue weighted by Crippen LogP contribution is -2.17. The van der Waals surface area contributed by atoms with Gasteiger partial charge in [0.25, 0.3) is 0 Å². The van der Waals surface area contributed by atoms with Crippen molar-refractivity contribution in [1.82, 2.24) is 0 Å². The average Bonchev–Trinajstić information content (AvgIpc) is 2.35. The molecule has 0 bridgehead atoms. The molecule has 2 aromatic rings. The quantitative estimate of drug-likeness (QED) is 0.871. The normalized spacial score (nSPS) is 11.2. The summed E-state index contributed by atoms with van der Waals surface area (Å²) in [6.07, 6.45) is -4.68. The van der Waals surface area contributed by atoms with Crippen molar-refractivity contribution in [3.63, 3.8) is 0 Å². The summed E-state index contributed by atoms with van der Waals surface area (Å²) in [6, 6.07) is 12.9. The predicted molar refractivity (Wildman–Crippen MR) is 71.9 cm³/mol. The predicted octanol–water partition coefficient (Wildman–Crippen LogP) is 4.85. The summed E-state index contributed by atoms with van der Waals surface area (Å²) in [4.78, 5) is 0. The van der Waals surface area contributed by atoms with Crippen LogP contribution in [0.3, 0.4) is 0 Å². The molecule has 0 heterocycles. The number of ether oxygens (including phenoxy) is 1. The third-order valence-electron chi connectivity index (χ3n) is 2.45. The fraction of sp³-hybridized carbons (Fsp3) is 0.143. The monoisotopic (exact) mass is 301 g/mol. The minimum atomic E-state index is -4.68. The number of rotatable bonds is 4. The van der Waals surface area contributed by atoms with Gasteiger partial charge < -0.3 is 10.1 Å². The second-order valence-electron chi connectivity index (χ2n) is 4.06. The zero-order valence-corrected chi connectivity index (χ0v) is 11.0. The average molecular weight is 302 g/mol. The molecular formula is C14H11ClF3NO. The first-order chi connectivity index (χ1) is 9.42. The van der Waals surface area contributed by atoms with Crippen LogP contribution in [0, 0.1) is 0 Å². The third kappa shape index (κ3) is 4.66. The van der Waals surface area contributed by atoms with E-state index >= 15 is 0 Å². The summed E-state index contributed by atoms with van der Waals surface area (Å²) >= 11 is 5.84. The van der Waals surface area contributed by atoms with Crippen LogP contribution in [0.5, 0.6) is 5.75 Å². The highest BCUT2D eigenvalue weighted by atomic mass is 35.5. The minimum absolute atomic E-state index is 0.233. The van der Waals surface area contributed by atoms with Crippen LogP contribution in [0.15, 0.2) is 48.5 Å². The Labute approximate surface area is 119 Å². The third-order valence-corrected chi connectivity index (χ3v) is 2.69. The SMILES string of the molecule is FC(F)(F)Oc1cccc(CNc2cccc(Cl)c2)c1. The van der Waals surface area contributed by atoms with Gasteiger partial charge in [0.15, 0.2) is 0 Å². The lowest BCUT2D eigenvalue weighted by molar-refractivity contribution is -0.274. The van der Waals surface area contributed by atoms with Crippen molar-refractivity contribution < 1.29 is 17.9 Å². The van der Waals surface area contributed by atoms with Gasteiger partial charge in [-0.2, -0.15) is 0 Å². The Bertz CT molecular complexity index is 587. The van der Waals surface area contributed by atoms with Crippen LogP contribution in [-0.2, 0) is 6.54 Å². The standard InChI is InChI=1S/C14H11ClF3NO/c15-11-4-2-5-12(8-11)19-9-10-3-1-6-13(7-10)20-14(16,17)18/h1-8,19H,9H2. The molecule has 0 aliphatic carbocycles. The molecule has 0 aromatic heterocycles. The number of benzene rings is 2. The Morgan fingerprint density at radius 3 is 2.50 bits per heavy atom. The van der Waals surface area contributed by atoms with Crippen molar-refractivity contribution in [2.24, 2.45) is 0 Å². The first-order valence-corrected chi connectivity index (χ1v) is 6.14. The van der Waals surface area contributed by atoms with Crippen LogP contribution in [0.4, 0.5) is 18.9 Å². The van der Waals surface area contributed by atoms with Gasteiger partial charge in [0.05, 0.1) is 0 Å². The Morgan fingerprint density at radius 2 is 1.80 bits per heavy atom.